The van der Waals surface area contributed by atoms with E-state index < -0.39 is 20.9 Å². The number of amides is 1. The van der Waals surface area contributed by atoms with Gasteiger partial charge in [0.25, 0.3) is 0 Å². The van der Waals surface area contributed by atoms with Crippen molar-refractivity contribution in [2.45, 2.75) is 24.7 Å². The summed E-state index contributed by atoms with van der Waals surface area (Å²) in [6.07, 6.45) is 0.0735. The Labute approximate surface area is 118 Å². The van der Waals surface area contributed by atoms with Crippen LogP contribution in [0.3, 0.4) is 0 Å². The predicted octanol–water partition coefficient (Wildman–Crippen LogP) is -0.952. The summed E-state index contributed by atoms with van der Waals surface area (Å²) in [4.78, 5) is 46.0. The molecule has 0 aliphatic rings. The van der Waals surface area contributed by atoms with Crippen LogP contribution in [0.15, 0.2) is 0 Å². The highest BCUT2D eigenvalue weighted by Crippen LogP contribution is 2.66. The molecular formula is C9H22N2O7P2. The molecule has 0 heterocycles. The minimum atomic E-state index is -4.65. The van der Waals surface area contributed by atoms with Crippen LogP contribution in [0.1, 0.15) is 19.8 Å². The minimum Gasteiger partial charge on any atom is -0.370 e. The van der Waals surface area contributed by atoms with Gasteiger partial charge in [0.2, 0.25) is 5.91 Å². The lowest BCUT2D eigenvalue weighted by molar-refractivity contribution is -0.125. The Hall–Kier alpha value is -0.110. The first-order valence-electron chi connectivity index (χ1n) is 5.93. The van der Waals surface area contributed by atoms with Gasteiger partial charge in [0, 0.05) is 13.1 Å². The number of nitrogens with one attached hydrogen (secondary N) is 1. The van der Waals surface area contributed by atoms with Crippen LogP contribution in [-0.2, 0) is 14.1 Å². The SMILES string of the molecule is CC(CCCNC(=O)COCCN)(P(O)O)P(=O)(O)O. The van der Waals surface area contributed by atoms with Crippen molar-refractivity contribution in [3.8, 4) is 0 Å². The van der Waals surface area contributed by atoms with E-state index in [1.54, 1.807) is 0 Å². The topological polar surface area (TPSA) is 162 Å². The van der Waals surface area contributed by atoms with E-state index >= 15 is 0 Å². The lowest BCUT2D eigenvalue weighted by Gasteiger charge is -2.30. The van der Waals surface area contributed by atoms with Gasteiger partial charge in [0.05, 0.1) is 6.61 Å². The summed E-state index contributed by atoms with van der Waals surface area (Å²) in [5.41, 5.74) is 5.18. The molecule has 0 rings (SSSR count). The Kier molecular flexibility index (Phi) is 8.97. The van der Waals surface area contributed by atoms with Crippen LogP contribution in [0.5, 0.6) is 0 Å². The van der Waals surface area contributed by atoms with Gasteiger partial charge in [0.15, 0.2) is 8.38 Å². The molecule has 0 aromatic heterocycles. The zero-order chi connectivity index (χ0) is 15.8. The van der Waals surface area contributed by atoms with Crippen LogP contribution in [0.25, 0.3) is 0 Å². The highest BCUT2D eigenvalue weighted by atomic mass is 31.2. The first-order chi connectivity index (χ1) is 9.15. The van der Waals surface area contributed by atoms with Gasteiger partial charge in [-0.25, -0.2) is 0 Å². The van der Waals surface area contributed by atoms with Crippen LogP contribution in [0.4, 0.5) is 0 Å². The summed E-state index contributed by atoms with van der Waals surface area (Å²) in [6, 6.07) is 0. The van der Waals surface area contributed by atoms with Crippen molar-refractivity contribution in [1.29, 1.82) is 0 Å². The van der Waals surface area contributed by atoms with E-state index in [2.05, 4.69) is 5.32 Å². The molecule has 0 saturated heterocycles. The van der Waals surface area contributed by atoms with E-state index in [4.69, 9.17) is 30.0 Å². The number of hydrogen-bond acceptors (Lipinski definition) is 6. The van der Waals surface area contributed by atoms with Crippen molar-refractivity contribution in [1.82, 2.24) is 5.32 Å². The third-order valence-corrected chi connectivity index (χ3v) is 6.59. The molecule has 120 valence electrons. The molecule has 0 aliphatic carbocycles. The second-order valence-electron chi connectivity index (χ2n) is 4.35. The van der Waals surface area contributed by atoms with Crippen LogP contribution in [0.2, 0.25) is 0 Å². The normalized spacial score (nSPS) is 15.2. The smallest absolute Gasteiger partial charge is 0.340 e. The van der Waals surface area contributed by atoms with Gasteiger partial charge in [-0.15, -0.1) is 0 Å². The summed E-state index contributed by atoms with van der Waals surface area (Å²) in [7, 11) is -7.44. The summed E-state index contributed by atoms with van der Waals surface area (Å²) >= 11 is 0. The molecule has 0 radical (unpaired) electrons. The Morgan fingerprint density at radius 2 is 2.05 bits per heavy atom. The second kappa shape index (κ2) is 9.02. The standard InChI is InChI=1S/C9H22N2O7P2/c1-9(19(13)14,20(15,16)17)3-2-5-11-8(12)7-18-6-4-10/h13-14H,2-7,10H2,1H3,(H,11,12)(H2,15,16,17). The maximum absolute atomic E-state index is 11.3. The number of hydrogen-bond donors (Lipinski definition) is 6. The first kappa shape index (κ1) is 19.9. The molecule has 0 fully saturated rings. The maximum atomic E-state index is 11.3. The average molecular weight is 332 g/mol. The van der Waals surface area contributed by atoms with E-state index in [0.717, 1.165) is 6.92 Å². The second-order valence-corrected chi connectivity index (χ2v) is 8.34. The number of nitrogens with two attached hydrogens (primary N) is 1. The Bertz CT molecular complexity index is 349. The maximum Gasteiger partial charge on any atom is 0.340 e. The average Bonchev–Trinajstić information content (AvgIpc) is 2.33. The molecule has 20 heavy (non-hydrogen) atoms. The number of rotatable bonds is 10. The van der Waals surface area contributed by atoms with Gasteiger partial charge in [-0.1, -0.05) is 0 Å². The molecule has 0 aromatic rings. The van der Waals surface area contributed by atoms with Crippen molar-refractivity contribution < 1.29 is 33.7 Å². The quantitative estimate of drug-likeness (QED) is 0.220. The molecule has 0 bridgehead atoms. The molecule has 7 N–H and O–H groups in total. The fourth-order valence-electron chi connectivity index (χ4n) is 1.31. The first-order valence-corrected chi connectivity index (χ1v) is 8.79. The largest absolute Gasteiger partial charge is 0.370 e. The third kappa shape index (κ3) is 6.56. The van der Waals surface area contributed by atoms with Gasteiger partial charge in [-0.2, -0.15) is 0 Å². The zero-order valence-electron chi connectivity index (χ0n) is 11.2. The third-order valence-electron chi connectivity index (χ3n) is 2.70. The Balaban J connectivity index is 4.09. The van der Waals surface area contributed by atoms with Gasteiger partial charge in [0.1, 0.15) is 11.5 Å². The monoisotopic (exact) mass is 332 g/mol. The molecule has 9 nitrogen and oxygen atoms in total. The van der Waals surface area contributed by atoms with Crippen LogP contribution < -0.4 is 11.1 Å². The van der Waals surface area contributed by atoms with Crippen LogP contribution >= 0.6 is 16.0 Å². The van der Waals surface area contributed by atoms with Crippen molar-refractivity contribution in [2.24, 2.45) is 5.73 Å². The lowest BCUT2D eigenvalue weighted by Crippen LogP contribution is -2.31. The van der Waals surface area contributed by atoms with Crippen LogP contribution in [-0.4, -0.2) is 56.7 Å². The predicted molar refractivity (Wildman–Crippen MR) is 73.9 cm³/mol. The van der Waals surface area contributed by atoms with Crippen molar-refractivity contribution >= 4 is 21.9 Å². The summed E-state index contributed by atoms with van der Waals surface area (Å²) in [6.45, 7) is 1.71. The fourth-order valence-corrected chi connectivity index (χ4v) is 3.05. The van der Waals surface area contributed by atoms with E-state index in [1.807, 2.05) is 0 Å². The van der Waals surface area contributed by atoms with Crippen LogP contribution in [0, 0.1) is 0 Å². The van der Waals surface area contributed by atoms with E-state index in [0.29, 0.717) is 6.54 Å². The Morgan fingerprint density at radius 1 is 1.45 bits per heavy atom. The highest BCUT2D eigenvalue weighted by Gasteiger charge is 2.48. The molecule has 0 aromatic carbocycles. The number of carbonyl (C=O) groups is 1. The van der Waals surface area contributed by atoms with Crippen molar-refractivity contribution in [2.75, 3.05) is 26.3 Å². The van der Waals surface area contributed by atoms with Gasteiger partial charge in [-0.05, 0) is 19.8 Å². The molecule has 1 amide bonds. The van der Waals surface area contributed by atoms with Crippen molar-refractivity contribution in [3.05, 3.63) is 0 Å². The van der Waals surface area contributed by atoms with Gasteiger partial charge in [-0.3, -0.25) is 9.36 Å². The van der Waals surface area contributed by atoms with E-state index in [9.17, 15) is 9.36 Å². The van der Waals surface area contributed by atoms with E-state index in [-0.39, 0.29) is 38.5 Å². The number of ether oxygens (including phenoxy) is 1. The highest BCUT2D eigenvalue weighted by molar-refractivity contribution is 7.69. The summed E-state index contributed by atoms with van der Waals surface area (Å²) in [5.74, 6) is -0.369. The molecule has 1 atom stereocenters. The Morgan fingerprint density at radius 3 is 2.50 bits per heavy atom. The lowest BCUT2D eigenvalue weighted by atomic mass is 10.2. The molecular weight excluding hydrogens is 310 g/mol. The van der Waals surface area contributed by atoms with Crippen molar-refractivity contribution in [3.63, 3.8) is 0 Å². The number of carbonyl (C=O) groups excluding carboxylic acids is 1. The minimum absolute atomic E-state index is 0.125. The fraction of sp³-hybridized carbons (Fsp3) is 0.889. The molecule has 0 aliphatic heterocycles. The van der Waals surface area contributed by atoms with E-state index in [1.165, 1.54) is 0 Å². The van der Waals surface area contributed by atoms with Gasteiger partial charge < -0.3 is 35.4 Å². The molecule has 11 heteroatoms. The zero-order valence-corrected chi connectivity index (χ0v) is 13.0. The van der Waals surface area contributed by atoms with Gasteiger partial charge >= 0.3 is 7.60 Å². The molecule has 1 unspecified atom stereocenters. The summed E-state index contributed by atoms with van der Waals surface area (Å²) in [5, 5.41) is 2.49. The molecule has 0 saturated carbocycles. The summed E-state index contributed by atoms with van der Waals surface area (Å²) < 4.78 is 16.2. The molecule has 0 spiro atoms.